The van der Waals surface area contributed by atoms with Crippen LogP contribution in [0.1, 0.15) is 5.56 Å². The molecule has 2 aromatic carbocycles. The Morgan fingerprint density at radius 1 is 1.11 bits per heavy atom. The lowest BCUT2D eigenvalue weighted by atomic mass is 10.1. The van der Waals surface area contributed by atoms with Gasteiger partial charge < -0.3 is 4.42 Å². The van der Waals surface area contributed by atoms with Crippen LogP contribution >= 0.6 is 34.8 Å². The minimum Gasteiger partial charge on any atom is -0.434 e. The van der Waals surface area contributed by atoms with Gasteiger partial charge in [0, 0.05) is 16.5 Å². The third-order valence-electron chi connectivity index (χ3n) is 2.80. The number of halogens is 3. The van der Waals surface area contributed by atoms with Crippen LogP contribution < -0.4 is 0 Å². The molecule has 0 fully saturated rings. The van der Waals surface area contributed by atoms with E-state index in [9.17, 15) is 0 Å². The largest absolute Gasteiger partial charge is 0.434 e. The molecule has 3 rings (SSSR count). The Bertz CT molecular complexity index is 752. The zero-order valence-electron chi connectivity index (χ0n) is 9.66. The molecule has 5 heteroatoms. The second-order valence-corrected chi connectivity index (χ2v) is 5.16. The molecule has 0 N–H and O–H groups in total. The van der Waals surface area contributed by atoms with Crippen molar-refractivity contribution in [3.8, 4) is 11.5 Å². The Morgan fingerprint density at radius 3 is 2.68 bits per heavy atom. The van der Waals surface area contributed by atoms with Gasteiger partial charge in [-0.2, -0.15) is 0 Å². The lowest BCUT2D eigenvalue weighted by Crippen LogP contribution is -1.85. The molecule has 0 aliphatic carbocycles. The van der Waals surface area contributed by atoms with Crippen LogP contribution in [-0.4, -0.2) is 4.98 Å². The molecule has 1 aromatic heterocycles. The lowest BCUT2D eigenvalue weighted by Gasteiger charge is -2.01. The van der Waals surface area contributed by atoms with Crippen molar-refractivity contribution in [2.75, 3.05) is 0 Å². The molecule has 0 saturated carbocycles. The molecule has 3 aromatic rings. The summed E-state index contributed by atoms with van der Waals surface area (Å²) in [6.07, 6.45) is 0. The molecule has 0 saturated heterocycles. The monoisotopic (exact) mass is 311 g/mol. The maximum absolute atomic E-state index is 6.09. The Hall–Kier alpha value is -1.22. The fraction of sp³-hybridized carbons (Fsp3) is 0.0714. The van der Waals surface area contributed by atoms with E-state index in [4.69, 9.17) is 39.2 Å². The Morgan fingerprint density at radius 2 is 1.89 bits per heavy atom. The first kappa shape index (κ1) is 12.8. The molecule has 0 unspecified atom stereocenters. The quantitative estimate of drug-likeness (QED) is 0.581. The van der Waals surface area contributed by atoms with Crippen molar-refractivity contribution in [2.24, 2.45) is 0 Å². The van der Waals surface area contributed by atoms with E-state index >= 15 is 0 Å². The van der Waals surface area contributed by atoms with Crippen molar-refractivity contribution >= 4 is 45.9 Å². The predicted molar refractivity (Wildman–Crippen MR) is 79.0 cm³/mol. The van der Waals surface area contributed by atoms with Gasteiger partial charge >= 0.3 is 0 Å². The number of hydrogen-bond donors (Lipinski definition) is 0. The van der Waals surface area contributed by atoms with Gasteiger partial charge in [0.25, 0.3) is 0 Å². The van der Waals surface area contributed by atoms with E-state index < -0.39 is 0 Å². The molecule has 0 aliphatic rings. The van der Waals surface area contributed by atoms with E-state index in [0.29, 0.717) is 32.9 Å². The third-order valence-corrected chi connectivity index (χ3v) is 3.59. The smallest absolute Gasteiger partial charge is 0.227 e. The number of hydrogen-bond acceptors (Lipinski definition) is 2. The zero-order valence-corrected chi connectivity index (χ0v) is 11.9. The van der Waals surface area contributed by atoms with Gasteiger partial charge in [-0.1, -0.05) is 41.4 Å². The molecule has 19 heavy (non-hydrogen) atoms. The molecule has 0 amide bonds. The molecule has 1 heterocycles. The average molecular weight is 313 g/mol. The number of oxazole rings is 1. The van der Waals surface area contributed by atoms with Gasteiger partial charge in [-0.05, 0) is 23.8 Å². The summed E-state index contributed by atoms with van der Waals surface area (Å²) in [7, 11) is 0. The summed E-state index contributed by atoms with van der Waals surface area (Å²) in [5, 5.41) is 0.979. The summed E-state index contributed by atoms with van der Waals surface area (Å²) in [5.74, 6) is 0.888. The fourth-order valence-corrected chi connectivity index (χ4v) is 2.67. The van der Waals surface area contributed by atoms with Gasteiger partial charge in [-0.15, -0.1) is 11.6 Å². The molecular weight excluding hydrogens is 305 g/mol. The van der Waals surface area contributed by atoms with E-state index in [1.54, 1.807) is 12.1 Å². The fourth-order valence-electron chi connectivity index (χ4n) is 1.92. The molecule has 0 atom stereocenters. The molecule has 0 spiro atoms. The number of fused-ring (bicyclic) bond motifs is 1. The minimum atomic E-state index is 0.392. The molecule has 96 valence electrons. The van der Waals surface area contributed by atoms with Crippen LogP contribution in [0.15, 0.2) is 40.8 Å². The summed E-state index contributed by atoms with van der Waals surface area (Å²) in [6.45, 7) is 0. The minimum absolute atomic E-state index is 0.392. The van der Waals surface area contributed by atoms with Gasteiger partial charge in [0.1, 0.15) is 5.52 Å². The van der Waals surface area contributed by atoms with E-state index in [1.165, 1.54) is 0 Å². The van der Waals surface area contributed by atoms with Crippen molar-refractivity contribution in [3.05, 3.63) is 52.0 Å². The number of nitrogens with zero attached hydrogens (tertiary/aromatic N) is 1. The summed E-state index contributed by atoms with van der Waals surface area (Å²) < 4.78 is 5.72. The van der Waals surface area contributed by atoms with Gasteiger partial charge in [0.15, 0.2) is 5.58 Å². The number of benzene rings is 2. The normalized spacial score (nSPS) is 11.1. The van der Waals surface area contributed by atoms with Gasteiger partial charge in [0.2, 0.25) is 5.89 Å². The Balaban J connectivity index is 2.23. The Labute approximate surface area is 124 Å². The highest BCUT2D eigenvalue weighted by Crippen LogP contribution is 2.33. The predicted octanol–water partition coefficient (Wildman–Crippen LogP) is 5.54. The number of alkyl halides is 1. The lowest BCUT2D eigenvalue weighted by molar-refractivity contribution is 0.619. The van der Waals surface area contributed by atoms with Crippen LogP contribution in [0.4, 0.5) is 0 Å². The first-order valence-electron chi connectivity index (χ1n) is 5.59. The number of aromatic nitrogens is 1. The molecule has 0 aliphatic heterocycles. The highest BCUT2D eigenvalue weighted by molar-refractivity contribution is 6.38. The van der Waals surface area contributed by atoms with Crippen LogP contribution in [-0.2, 0) is 5.88 Å². The maximum atomic E-state index is 6.09. The molecule has 0 bridgehead atoms. The second kappa shape index (κ2) is 5.04. The van der Waals surface area contributed by atoms with Crippen molar-refractivity contribution < 1.29 is 4.42 Å². The van der Waals surface area contributed by atoms with Gasteiger partial charge in [-0.25, -0.2) is 4.98 Å². The zero-order chi connectivity index (χ0) is 13.4. The average Bonchev–Trinajstić information content (AvgIpc) is 2.82. The van der Waals surface area contributed by atoms with E-state index in [2.05, 4.69) is 4.98 Å². The highest BCUT2D eigenvalue weighted by Gasteiger charge is 2.14. The van der Waals surface area contributed by atoms with Crippen LogP contribution in [0.2, 0.25) is 10.0 Å². The van der Waals surface area contributed by atoms with Gasteiger partial charge in [0.05, 0.1) is 5.02 Å². The molecular formula is C14H8Cl3NO. The first-order valence-corrected chi connectivity index (χ1v) is 6.88. The summed E-state index contributed by atoms with van der Waals surface area (Å²) in [5.41, 5.74) is 2.99. The third kappa shape index (κ3) is 2.32. The number of rotatable bonds is 2. The summed E-state index contributed by atoms with van der Waals surface area (Å²) in [4.78, 5) is 4.42. The van der Waals surface area contributed by atoms with Crippen LogP contribution in [0, 0.1) is 0 Å². The second-order valence-electron chi connectivity index (χ2n) is 4.05. The first-order chi connectivity index (χ1) is 9.19. The van der Waals surface area contributed by atoms with Crippen molar-refractivity contribution in [2.45, 2.75) is 5.88 Å². The van der Waals surface area contributed by atoms with Crippen LogP contribution in [0.25, 0.3) is 22.6 Å². The summed E-state index contributed by atoms with van der Waals surface area (Å²) >= 11 is 18.0. The van der Waals surface area contributed by atoms with Gasteiger partial charge in [-0.3, -0.25) is 0 Å². The van der Waals surface area contributed by atoms with E-state index in [-0.39, 0.29) is 0 Å². The Kier molecular flexibility index (Phi) is 3.40. The van der Waals surface area contributed by atoms with Crippen LogP contribution in [0.3, 0.4) is 0 Å². The molecule has 2 nitrogen and oxygen atoms in total. The van der Waals surface area contributed by atoms with Crippen molar-refractivity contribution in [3.63, 3.8) is 0 Å². The molecule has 0 radical (unpaired) electrons. The summed E-state index contributed by atoms with van der Waals surface area (Å²) in [6, 6.07) is 11.0. The standard InChI is InChI=1S/C14H8Cl3NO/c15-7-8-3-1-2-4-10(8)14-18-12-6-9(16)5-11(17)13(12)19-14/h1-6H,7H2. The van der Waals surface area contributed by atoms with E-state index in [1.807, 2.05) is 24.3 Å². The topological polar surface area (TPSA) is 26.0 Å². The SMILES string of the molecule is ClCc1ccccc1-c1nc2cc(Cl)cc(Cl)c2o1. The van der Waals surface area contributed by atoms with E-state index in [0.717, 1.165) is 11.1 Å². The maximum Gasteiger partial charge on any atom is 0.227 e. The van der Waals surface area contributed by atoms with Crippen molar-refractivity contribution in [1.82, 2.24) is 4.98 Å². The highest BCUT2D eigenvalue weighted by atomic mass is 35.5. The van der Waals surface area contributed by atoms with Crippen molar-refractivity contribution in [1.29, 1.82) is 0 Å². The van der Waals surface area contributed by atoms with Crippen LogP contribution in [0.5, 0.6) is 0 Å².